The molecule has 3 aromatic carbocycles. The van der Waals surface area contributed by atoms with Gasteiger partial charge in [-0.05, 0) is 29.8 Å². The highest BCUT2D eigenvalue weighted by Gasteiger charge is 2.21. The van der Waals surface area contributed by atoms with Crippen molar-refractivity contribution in [3.05, 3.63) is 90.2 Å². The Hall–Kier alpha value is -3.25. The number of para-hydroxylation sites is 2. The highest BCUT2D eigenvalue weighted by atomic mass is 32.1. The van der Waals surface area contributed by atoms with Crippen LogP contribution in [0.25, 0.3) is 10.2 Å². The van der Waals surface area contributed by atoms with E-state index in [9.17, 15) is 9.18 Å². The Bertz CT molecular complexity index is 1080. The van der Waals surface area contributed by atoms with E-state index in [-0.39, 0.29) is 18.0 Å². The summed E-state index contributed by atoms with van der Waals surface area (Å²) >= 11 is 1.29. The van der Waals surface area contributed by atoms with Crippen LogP contribution in [0.3, 0.4) is 0 Å². The van der Waals surface area contributed by atoms with Crippen LogP contribution in [-0.2, 0) is 11.3 Å². The number of benzene rings is 3. The SMILES string of the molecule is O=C(COc1ccccc1)N(Cc1ccccc1)c1nc2c(F)cccc2s1. The van der Waals surface area contributed by atoms with Crippen molar-refractivity contribution in [1.82, 2.24) is 4.98 Å². The van der Waals surface area contributed by atoms with Gasteiger partial charge in [0, 0.05) is 0 Å². The molecule has 1 heterocycles. The van der Waals surface area contributed by atoms with Crippen molar-refractivity contribution in [2.24, 2.45) is 0 Å². The number of carbonyl (C=O) groups excluding carboxylic acids is 1. The Kier molecular flexibility index (Phi) is 5.30. The molecule has 0 aliphatic heterocycles. The zero-order valence-electron chi connectivity index (χ0n) is 14.9. The van der Waals surface area contributed by atoms with Gasteiger partial charge in [0.25, 0.3) is 5.91 Å². The van der Waals surface area contributed by atoms with Gasteiger partial charge in [0.1, 0.15) is 17.1 Å². The van der Waals surface area contributed by atoms with Crippen molar-refractivity contribution >= 4 is 32.6 Å². The summed E-state index contributed by atoms with van der Waals surface area (Å²) in [4.78, 5) is 18.9. The number of halogens is 1. The minimum atomic E-state index is -0.396. The van der Waals surface area contributed by atoms with Crippen molar-refractivity contribution in [2.75, 3.05) is 11.5 Å². The van der Waals surface area contributed by atoms with Gasteiger partial charge in [0.2, 0.25) is 0 Å². The van der Waals surface area contributed by atoms with E-state index in [1.54, 1.807) is 29.2 Å². The van der Waals surface area contributed by atoms with E-state index >= 15 is 0 Å². The van der Waals surface area contributed by atoms with E-state index in [4.69, 9.17) is 4.74 Å². The summed E-state index contributed by atoms with van der Waals surface area (Å²) in [5.41, 5.74) is 1.23. The van der Waals surface area contributed by atoms with E-state index in [1.165, 1.54) is 17.4 Å². The predicted molar refractivity (Wildman–Crippen MR) is 109 cm³/mol. The summed E-state index contributed by atoms with van der Waals surface area (Å²) in [5.74, 6) is -0.0225. The first-order valence-electron chi connectivity index (χ1n) is 8.78. The maximum Gasteiger partial charge on any atom is 0.267 e. The first-order chi connectivity index (χ1) is 13.7. The van der Waals surface area contributed by atoms with Gasteiger partial charge in [-0.25, -0.2) is 9.37 Å². The summed E-state index contributed by atoms with van der Waals surface area (Å²) in [5, 5.41) is 0.450. The van der Waals surface area contributed by atoms with Crippen LogP contribution in [0.4, 0.5) is 9.52 Å². The Morgan fingerprint density at radius 1 is 0.964 bits per heavy atom. The second kappa shape index (κ2) is 8.19. The zero-order valence-corrected chi connectivity index (χ0v) is 15.7. The fourth-order valence-electron chi connectivity index (χ4n) is 2.79. The van der Waals surface area contributed by atoms with Crippen molar-refractivity contribution in [3.8, 4) is 5.75 Å². The third-order valence-electron chi connectivity index (χ3n) is 4.18. The number of aromatic nitrogens is 1. The molecular weight excluding hydrogens is 375 g/mol. The Balaban J connectivity index is 1.62. The molecule has 0 radical (unpaired) electrons. The molecule has 0 N–H and O–H groups in total. The van der Waals surface area contributed by atoms with Crippen molar-refractivity contribution < 1.29 is 13.9 Å². The van der Waals surface area contributed by atoms with Gasteiger partial charge in [-0.2, -0.15) is 0 Å². The van der Waals surface area contributed by atoms with Crippen LogP contribution in [-0.4, -0.2) is 17.5 Å². The number of anilines is 1. The topological polar surface area (TPSA) is 42.4 Å². The normalized spacial score (nSPS) is 10.8. The minimum Gasteiger partial charge on any atom is -0.484 e. The smallest absolute Gasteiger partial charge is 0.267 e. The van der Waals surface area contributed by atoms with Crippen molar-refractivity contribution in [2.45, 2.75) is 6.54 Å². The lowest BCUT2D eigenvalue weighted by atomic mass is 10.2. The molecular formula is C22H17FN2O2S. The maximum absolute atomic E-state index is 14.1. The Labute approximate surface area is 165 Å². The van der Waals surface area contributed by atoms with Crippen LogP contribution in [0.15, 0.2) is 78.9 Å². The summed E-state index contributed by atoms with van der Waals surface area (Å²) in [7, 11) is 0. The molecule has 0 aliphatic rings. The number of rotatable bonds is 6. The highest BCUT2D eigenvalue weighted by Crippen LogP contribution is 2.31. The number of thiazole rings is 1. The molecule has 6 heteroatoms. The molecule has 140 valence electrons. The lowest BCUT2D eigenvalue weighted by Gasteiger charge is -2.20. The van der Waals surface area contributed by atoms with Crippen molar-refractivity contribution in [1.29, 1.82) is 0 Å². The third kappa shape index (κ3) is 4.02. The van der Waals surface area contributed by atoms with Gasteiger partial charge >= 0.3 is 0 Å². The summed E-state index contributed by atoms with van der Waals surface area (Å²) in [6, 6.07) is 23.6. The number of hydrogen-bond acceptors (Lipinski definition) is 4. The molecule has 4 aromatic rings. The molecule has 4 rings (SSSR count). The fraction of sp³-hybridized carbons (Fsp3) is 0.0909. The Morgan fingerprint density at radius 2 is 1.68 bits per heavy atom. The van der Waals surface area contributed by atoms with Gasteiger partial charge in [-0.1, -0.05) is 65.9 Å². The second-order valence-electron chi connectivity index (χ2n) is 6.15. The molecule has 0 saturated carbocycles. The molecule has 1 amide bonds. The van der Waals surface area contributed by atoms with Gasteiger partial charge in [-0.3, -0.25) is 9.69 Å². The number of nitrogens with zero attached hydrogens (tertiary/aromatic N) is 2. The average Bonchev–Trinajstić information content (AvgIpc) is 3.17. The monoisotopic (exact) mass is 392 g/mol. The van der Waals surface area contributed by atoms with E-state index in [0.29, 0.717) is 22.1 Å². The van der Waals surface area contributed by atoms with Crippen LogP contribution in [0.2, 0.25) is 0 Å². The molecule has 0 unspecified atom stereocenters. The van der Waals surface area contributed by atoms with Crippen LogP contribution in [0.5, 0.6) is 5.75 Å². The highest BCUT2D eigenvalue weighted by molar-refractivity contribution is 7.22. The first-order valence-corrected chi connectivity index (χ1v) is 9.59. The molecule has 0 bridgehead atoms. The number of amides is 1. The molecule has 0 aliphatic carbocycles. The molecule has 1 aromatic heterocycles. The Morgan fingerprint density at radius 3 is 2.39 bits per heavy atom. The lowest BCUT2D eigenvalue weighted by molar-refractivity contribution is -0.120. The third-order valence-corrected chi connectivity index (χ3v) is 5.22. The summed E-state index contributed by atoms with van der Waals surface area (Å²) < 4.78 is 20.4. The van der Waals surface area contributed by atoms with E-state index in [0.717, 1.165) is 5.56 Å². The first kappa shape index (κ1) is 18.1. The largest absolute Gasteiger partial charge is 0.484 e. The lowest BCUT2D eigenvalue weighted by Crippen LogP contribution is -2.34. The van der Waals surface area contributed by atoms with Gasteiger partial charge < -0.3 is 4.74 Å². The van der Waals surface area contributed by atoms with E-state index in [1.807, 2.05) is 48.5 Å². The quantitative estimate of drug-likeness (QED) is 0.461. The number of hydrogen-bond donors (Lipinski definition) is 0. The van der Waals surface area contributed by atoms with Gasteiger partial charge in [0.15, 0.2) is 11.7 Å². The van der Waals surface area contributed by atoms with Gasteiger partial charge in [0.05, 0.1) is 11.2 Å². The average molecular weight is 392 g/mol. The van der Waals surface area contributed by atoms with Crippen LogP contribution >= 0.6 is 11.3 Å². The molecule has 28 heavy (non-hydrogen) atoms. The predicted octanol–water partition coefficient (Wildman–Crippen LogP) is 5.05. The zero-order chi connectivity index (χ0) is 19.3. The van der Waals surface area contributed by atoms with Crippen LogP contribution in [0.1, 0.15) is 5.56 Å². The number of carbonyl (C=O) groups is 1. The number of ether oxygens (including phenoxy) is 1. The van der Waals surface area contributed by atoms with Gasteiger partial charge in [-0.15, -0.1) is 0 Å². The molecule has 0 spiro atoms. The molecule has 0 atom stereocenters. The van der Waals surface area contributed by atoms with E-state index < -0.39 is 5.82 Å². The summed E-state index contributed by atoms with van der Waals surface area (Å²) in [6.45, 7) is 0.203. The second-order valence-corrected chi connectivity index (χ2v) is 7.16. The van der Waals surface area contributed by atoms with E-state index in [2.05, 4.69) is 4.98 Å². The fourth-order valence-corrected chi connectivity index (χ4v) is 3.78. The molecule has 0 saturated heterocycles. The van der Waals surface area contributed by atoms with Crippen LogP contribution in [0, 0.1) is 5.82 Å². The van der Waals surface area contributed by atoms with Crippen molar-refractivity contribution in [3.63, 3.8) is 0 Å². The standard InChI is InChI=1S/C22H17FN2O2S/c23-18-12-7-13-19-21(18)24-22(28-19)25(14-16-8-3-1-4-9-16)20(26)15-27-17-10-5-2-6-11-17/h1-13H,14-15H2. The number of fused-ring (bicyclic) bond motifs is 1. The maximum atomic E-state index is 14.1. The molecule has 4 nitrogen and oxygen atoms in total. The summed E-state index contributed by atoms with van der Waals surface area (Å²) in [6.07, 6.45) is 0. The molecule has 0 fully saturated rings. The van der Waals surface area contributed by atoms with Crippen LogP contribution < -0.4 is 9.64 Å². The minimum absolute atomic E-state index is 0.130.